The van der Waals surface area contributed by atoms with Crippen LogP contribution in [-0.4, -0.2) is 22.5 Å². The van der Waals surface area contributed by atoms with Crippen molar-refractivity contribution >= 4 is 41.0 Å². The van der Waals surface area contributed by atoms with E-state index in [0.29, 0.717) is 17.9 Å². The summed E-state index contributed by atoms with van der Waals surface area (Å²) in [7, 11) is 0. The van der Waals surface area contributed by atoms with E-state index in [0.717, 1.165) is 28.3 Å². The second-order valence-electron chi connectivity index (χ2n) is 8.59. The number of hydrogen-bond acceptors (Lipinski definition) is 5. The summed E-state index contributed by atoms with van der Waals surface area (Å²) in [4.78, 5) is 28.4. The molecule has 5 rings (SSSR count). The van der Waals surface area contributed by atoms with E-state index in [1.807, 2.05) is 72.5 Å². The number of hydrogen-bond donors (Lipinski definition) is 1. The molecule has 4 aromatic rings. The van der Waals surface area contributed by atoms with Crippen LogP contribution in [0.4, 0.5) is 5.69 Å². The Morgan fingerprint density at radius 2 is 1.86 bits per heavy atom. The van der Waals surface area contributed by atoms with Crippen molar-refractivity contribution in [2.24, 2.45) is 0 Å². The Hall–Kier alpha value is -3.42. The van der Waals surface area contributed by atoms with Gasteiger partial charge in [-0.25, -0.2) is 0 Å². The van der Waals surface area contributed by atoms with Crippen LogP contribution in [0.3, 0.4) is 0 Å². The molecular weight excluding hydrogens is 488 g/mol. The number of carbonyl (C=O) groups excluding carboxylic acids is 2. The maximum absolute atomic E-state index is 12.9. The minimum atomic E-state index is -0.154. The summed E-state index contributed by atoms with van der Waals surface area (Å²) in [5, 5.41) is 2.94. The monoisotopic (exact) mass is 514 g/mol. The number of anilines is 1. The van der Waals surface area contributed by atoms with E-state index in [1.165, 1.54) is 10.5 Å². The number of rotatable bonds is 8. The molecule has 1 unspecified atom stereocenters. The summed E-state index contributed by atoms with van der Waals surface area (Å²) in [6.45, 7) is 2.45. The molecule has 0 spiro atoms. The zero-order valence-corrected chi connectivity index (χ0v) is 21.5. The molecule has 0 radical (unpaired) electrons. The molecule has 5 nitrogen and oxygen atoms in total. The van der Waals surface area contributed by atoms with Crippen molar-refractivity contribution in [3.8, 4) is 0 Å². The first-order valence-corrected chi connectivity index (χ1v) is 13.7. The third-order valence-corrected chi connectivity index (χ3v) is 8.36. The van der Waals surface area contributed by atoms with Crippen LogP contribution in [0, 0.1) is 6.92 Å². The van der Waals surface area contributed by atoms with Crippen LogP contribution in [0.1, 0.15) is 38.2 Å². The minimum Gasteiger partial charge on any atom is -0.467 e. The number of furan rings is 1. The molecule has 2 amide bonds. The fraction of sp³-hybridized carbons (Fsp3) is 0.172. The lowest BCUT2D eigenvalue weighted by atomic mass is 10.1. The molecule has 3 aromatic carbocycles. The van der Waals surface area contributed by atoms with Crippen molar-refractivity contribution in [2.75, 3.05) is 11.1 Å². The fourth-order valence-corrected chi connectivity index (χ4v) is 6.15. The largest absolute Gasteiger partial charge is 0.467 e. The summed E-state index contributed by atoms with van der Waals surface area (Å²) in [6.07, 6.45) is 1.62. The van der Waals surface area contributed by atoms with Gasteiger partial charge in [-0.15, -0.1) is 23.5 Å². The van der Waals surface area contributed by atoms with Crippen LogP contribution < -0.4 is 5.32 Å². The first-order valence-electron chi connectivity index (χ1n) is 11.7. The van der Waals surface area contributed by atoms with Crippen molar-refractivity contribution in [1.82, 2.24) is 4.90 Å². The number of thioether (sulfide) groups is 2. The molecule has 7 heteroatoms. The van der Waals surface area contributed by atoms with E-state index in [2.05, 4.69) is 29.6 Å². The Morgan fingerprint density at radius 1 is 1.06 bits per heavy atom. The standard InChI is InChI=1S/C29H26N2O3S2/c1-20-16-21(18-35-25-7-3-2-4-8-25)9-14-26(20)30-28(33)22-10-12-23(13-11-22)29-31(27(32)19-36-29)17-24-6-5-15-34-24/h2-16,29H,17-19H2,1H3,(H,30,33). The van der Waals surface area contributed by atoms with Crippen molar-refractivity contribution in [3.05, 3.63) is 119 Å². The summed E-state index contributed by atoms with van der Waals surface area (Å²) in [6, 6.07) is 27.7. The lowest BCUT2D eigenvalue weighted by molar-refractivity contribution is -0.128. The van der Waals surface area contributed by atoms with Gasteiger partial charge in [0.2, 0.25) is 5.91 Å². The maximum Gasteiger partial charge on any atom is 0.255 e. The molecule has 1 aromatic heterocycles. The SMILES string of the molecule is Cc1cc(CSc2ccccc2)ccc1NC(=O)c1ccc(C2SCC(=O)N2Cc2ccco2)cc1. The van der Waals surface area contributed by atoms with Gasteiger partial charge in [0, 0.05) is 21.9 Å². The molecule has 2 heterocycles. The van der Waals surface area contributed by atoms with E-state index < -0.39 is 0 Å². The molecular formula is C29H26N2O3S2. The molecule has 1 aliphatic rings. The molecule has 1 aliphatic heterocycles. The topological polar surface area (TPSA) is 62.6 Å². The van der Waals surface area contributed by atoms with Gasteiger partial charge in [0.15, 0.2) is 0 Å². The molecule has 1 fully saturated rings. The third-order valence-electron chi connectivity index (χ3n) is 6.02. The lowest BCUT2D eigenvalue weighted by Crippen LogP contribution is -2.27. The zero-order chi connectivity index (χ0) is 24.9. The number of nitrogens with one attached hydrogen (secondary N) is 1. The van der Waals surface area contributed by atoms with Crippen LogP contribution in [-0.2, 0) is 17.1 Å². The van der Waals surface area contributed by atoms with Gasteiger partial charge in [-0.1, -0.05) is 42.5 Å². The second kappa shape index (κ2) is 11.1. The van der Waals surface area contributed by atoms with Gasteiger partial charge in [0.25, 0.3) is 5.91 Å². The molecule has 1 N–H and O–H groups in total. The number of amides is 2. The maximum atomic E-state index is 12.9. The first-order chi connectivity index (χ1) is 17.6. The second-order valence-corrected chi connectivity index (χ2v) is 10.7. The molecule has 1 saturated heterocycles. The quantitative estimate of drug-likeness (QED) is 0.259. The van der Waals surface area contributed by atoms with E-state index in [-0.39, 0.29) is 17.2 Å². The van der Waals surface area contributed by atoms with E-state index in [9.17, 15) is 9.59 Å². The first kappa shape index (κ1) is 24.3. The average Bonchev–Trinajstić information content (AvgIpc) is 3.55. The highest BCUT2D eigenvalue weighted by molar-refractivity contribution is 8.00. The van der Waals surface area contributed by atoms with Gasteiger partial charge < -0.3 is 14.6 Å². The van der Waals surface area contributed by atoms with E-state index in [1.54, 1.807) is 29.8 Å². The highest BCUT2D eigenvalue weighted by Gasteiger charge is 2.33. The Kier molecular flexibility index (Phi) is 7.49. The van der Waals surface area contributed by atoms with E-state index in [4.69, 9.17) is 4.42 Å². The normalized spacial score (nSPS) is 15.3. The fourth-order valence-electron chi connectivity index (χ4n) is 4.10. The Balaban J connectivity index is 1.21. The zero-order valence-electron chi connectivity index (χ0n) is 19.8. The highest BCUT2D eigenvalue weighted by Crippen LogP contribution is 2.39. The van der Waals surface area contributed by atoms with Crippen molar-refractivity contribution < 1.29 is 14.0 Å². The van der Waals surface area contributed by atoms with Gasteiger partial charge in [0.05, 0.1) is 18.6 Å². The summed E-state index contributed by atoms with van der Waals surface area (Å²) >= 11 is 3.38. The predicted octanol–water partition coefficient (Wildman–Crippen LogP) is 6.91. The van der Waals surface area contributed by atoms with Crippen molar-refractivity contribution in [2.45, 2.75) is 29.5 Å². The summed E-state index contributed by atoms with van der Waals surface area (Å²) in [5.41, 5.74) is 4.62. The number of nitrogens with zero attached hydrogens (tertiary/aromatic N) is 1. The smallest absolute Gasteiger partial charge is 0.255 e. The molecule has 0 aliphatic carbocycles. The summed E-state index contributed by atoms with van der Waals surface area (Å²) in [5.74, 6) is 2.00. The van der Waals surface area contributed by atoms with Gasteiger partial charge >= 0.3 is 0 Å². The number of carbonyl (C=O) groups is 2. The highest BCUT2D eigenvalue weighted by atomic mass is 32.2. The van der Waals surface area contributed by atoms with Crippen LogP contribution in [0.2, 0.25) is 0 Å². The van der Waals surface area contributed by atoms with Crippen LogP contribution in [0.15, 0.2) is 101 Å². The molecule has 0 saturated carbocycles. The molecule has 182 valence electrons. The molecule has 1 atom stereocenters. The van der Waals surface area contributed by atoms with Gasteiger partial charge in [-0.05, 0) is 66.1 Å². The third kappa shape index (κ3) is 5.69. The lowest BCUT2D eigenvalue weighted by Gasteiger charge is -2.23. The number of benzene rings is 3. The van der Waals surface area contributed by atoms with E-state index >= 15 is 0 Å². The Bertz CT molecular complexity index is 1340. The van der Waals surface area contributed by atoms with Crippen LogP contribution >= 0.6 is 23.5 Å². The average molecular weight is 515 g/mol. The van der Waals surface area contributed by atoms with Crippen molar-refractivity contribution in [1.29, 1.82) is 0 Å². The predicted molar refractivity (Wildman–Crippen MR) is 146 cm³/mol. The Labute approximate surface area is 219 Å². The van der Waals surface area contributed by atoms with Crippen molar-refractivity contribution in [3.63, 3.8) is 0 Å². The summed E-state index contributed by atoms with van der Waals surface area (Å²) < 4.78 is 5.43. The van der Waals surface area contributed by atoms with Crippen LogP contribution in [0.25, 0.3) is 0 Å². The number of aryl methyl sites for hydroxylation is 1. The molecule has 0 bridgehead atoms. The minimum absolute atomic E-state index is 0.0873. The Morgan fingerprint density at radius 3 is 2.58 bits per heavy atom. The van der Waals surface area contributed by atoms with Gasteiger partial charge in [-0.2, -0.15) is 0 Å². The molecule has 36 heavy (non-hydrogen) atoms. The van der Waals surface area contributed by atoms with Gasteiger partial charge in [-0.3, -0.25) is 9.59 Å². The van der Waals surface area contributed by atoms with Gasteiger partial charge in [0.1, 0.15) is 11.1 Å². The van der Waals surface area contributed by atoms with Crippen LogP contribution in [0.5, 0.6) is 0 Å².